The summed E-state index contributed by atoms with van der Waals surface area (Å²) in [4.78, 5) is 29.4. The summed E-state index contributed by atoms with van der Waals surface area (Å²) in [6.45, 7) is 1.62. The van der Waals surface area contributed by atoms with Crippen LogP contribution < -0.4 is 19.1 Å². The maximum absolute atomic E-state index is 14.2. The Labute approximate surface area is 254 Å². The number of ether oxygens (including phenoxy) is 2. The number of carbonyl (C=O) groups excluding carboxylic acids is 2. The number of benzene rings is 3. The third kappa shape index (κ3) is 7.87. The van der Waals surface area contributed by atoms with Crippen molar-refractivity contribution >= 4 is 27.5 Å². The number of nitrogens with one attached hydrogen (secondary N) is 1. The fraction of sp³-hybridized carbons (Fsp3) is 0.394. The summed E-state index contributed by atoms with van der Waals surface area (Å²) >= 11 is 0. The van der Waals surface area contributed by atoms with Gasteiger partial charge in [0.2, 0.25) is 11.8 Å². The summed E-state index contributed by atoms with van der Waals surface area (Å²) < 4.78 is 39.9. The van der Waals surface area contributed by atoms with E-state index in [9.17, 15) is 18.0 Å². The topological polar surface area (TPSA) is 105 Å². The van der Waals surface area contributed by atoms with Gasteiger partial charge in [-0.1, -0.05) is 68.3 Å². The van der Waals surface area contributed by atoms with Crippen LogP contribution in [0.1, 0.15) is 44.6 Å². The highest BCUT2D eigenvalue weighted by Crippen LogP contribution is 2.34. The third-order valence-electron chi connectivity index (χ3n) is 7.84. The van der Waals surface area contributed by atoms with E-state index in [-0.39, 0.29) is 29.1 Å². The zero-order valence-corrected chi connectivity index (χ0v) is 25.9. The first-order chi connectivity index (χ1) is 20.8. The molecule has 1 fully saturated rings. The average molecular weight is 608 g/mol. The molecule has 230 valence electrons. The molecule has 0 radical (unpaired) electrons. The fourth-order valence-corrected chi connectivity index (χ4v) is 6.92. The van der Waals surface area contributed by atoms with Crippen molar-refractivity contribution in [1.29, 1.82) is 0 Å². The summed E-state index contributed by atoms with van der Waals surface area (Å²) in [5.41, 5.74) is 1.25. The molecule has 1 atom stereocenters. The predicted octanol–water partition coefficient (Wildman–Crippen LogP) is 4.81. The molecule has 3 aromatic rings. The van der Waals surface area contributed by atoms with Gasteiger partial charge < -0.3 is 19.7 Å². The van der Waals surface area contributed by atoms with E-state index in [1.54, 1.807) is 30.3 Å². The number of amides is 2. The Hall–Kier alpha value is -4.05. The van der Waals surface area contributed by atoms with Gasteiger partial charge in [-0.15, -0.1) is 0 Å². The van der Waals surface area contributed by atoms with Gasteiger partial charge in [-0.25, -0.2) is 8.42 Å². The summed E-state index contributed by atoms with van der Waals surface area (Å²) in [6, 6.07) is 21.7. The van der Waals surface area contributed by atoms with Crippen LogP contribution in [0.2, 0.25) is 0 Å². The van der Waals surface area contributed by atoms with E-state index in [2.05, 4.69) is 5.32 Å². The minimum absolute atomic E-state index is 0.0411. The molecule has 1 aliphatic carbocycles. The fourth-order valence-electron chi connectivity index (χ4n) is 5.49. The van der Waals surface area contributed by atoms with Crippen LogP contribution in [-0.2, 0) is 26.0 Å². The SMILES string of the molecule is CC[C@@H](C(=O)NC1CCCC1)N(CCc1ccccc1)C(=O)CN(c1ccc(OC)c(OC)c1)S(=O)(=O)c1ccccc1. The molecule has 0 saturated heterocycles. The molecule has 3 aromatic carbocycles. The highest BCUT2D eigenvalue weighted by Gasteiger charge is 2.34. The second kappa shape index (κ2) is 14.9. The van der Waals surface area contributed by atoms with Gasteiger partial charge in [-0.05, 0) is 55.5 Å². The van der Waals surface area contributed by atoms with Gasteiger partial charge in [0, 0.05) is 18.7 Å². The molecule has 0 heterocycles. The minimum atomic E-state index is -4.18. The Morgan fingerprint density at radius 1 is 0.907 bits per heavy atom. The first kappa shape index (κ1) is 31.9. The molecule has 0 aromatic heterocycles. The lowest BCUT2D eigenvalue weighted by Gasteiger charge is -2.34. The Kier molecular flexibility index (Phi) is 11.1. The van der Waals surface area contributed by atoms with Crippen molar-refractivity contribution in [2.45, 2.75) is 62.4 Å². The third-order valence-corrected chi connectivity index (χ3v) is 9.62. The number of methoxy groups -OCH3 is 2. The molecule has 0 bridgehead atoms. The number of anilines is 1. The van der Waals surface area contributed by atoms with E-state index in [1.165, 1.54) is 37.3 Å². The lowest BCUT2D eigenvalue weighted by molar-refractivity contribution is -0.139. The Bertz CT molecular complexity index is 1460. The number of nitrogens with zero attached hydrogens (tertiary/aromatic N) is 2. The van der Waals surface area contributed by atoms with E-state index in [4.69, 9.17) is 9.47 Å². The van der Waals surface area contributed by atoms with E-state index in [0.717, 1.165) is 35.6 Å². The van der Waals surface area contributed by atoms with Gasteiger partial charge >= 0.3 is 0 Å². The molecule has 0 spiro atoms. The monoisotopic (exact) mass is 607 g/mol. The largest absolute Gasteiger partial charge is 0.493 e. The van der Waals surface area contributed by atoms with Crippen molar-refractivity contribution in [3.05, 3.63) is 84.4 Å². The Balaban J connectivity index is 1.70. The maximum atomic E-state index is 14.2. The molecular formula is C33H41N3O6S. The number of hydrogen-bond donors (Lipinski definition) is 1. The lowest BCUT2D eigenvalue weighted by atomic mass is 10.1. The Morgan fingerprint density at radius 2 is 1.53 bits per heavy atom. The summed E-state index contributed by atoms with van der Waals surface area (Å²) in [6.07, 6.45) is 4.87. The van der Waals surface area contributed by atoms with Crippen molar-refractivity contribution in [2.24, 2.45) is 0 Å². The van der Waals surface area contributed by atoms with Gasteiger partial charge in [-0.3, -0.25) is 13.9 Å². The molecule has 0 aliphatic heterocycles. The quantitative estimate of drug-likeness (QED) is 0.282. The van der Waals surface area contributed by atoms with Crippen LogP contribution in [0.25, 0.3) is 0 Å². The molecule has 2 amide bonds. The molecule has 4 rings (SSSR count). The maximum Gasteiger partial charge on any atom is 0.264 e. The van der Waals surface area contributed by atoms with Gasteiger partial charge in [0.15, 0.2) is 11.5 Å². The highest BCUT2D eigenvalue weighted by molar-refractivity contribution is 7.92. The van der Waals surface area contributed by atoms with Crippen LogP contribution in [0.4, 0.5) is 5.69 Å². The molecule has 43 heavy (non-hydrogen) atoms. The van der Waals surface area contributed by atoms with Crippen LogP contribution in [0.3, 0.4) is 0 Å². The number of hydrogen-bond acceptors (Lipinski definition) is 6. The molecule has 1 aliphatic rings. The minimum Gasteiger partial charge on any atom is -0.493 e. The zero-order valence-electron chi connectivity index (χ0n) is 25.1. The van der Waals surface area contributed by atoms with Crippen molar-refractivity contribution in [1.82, 2.24) is 10.2 Å². The van der Waals surface area contributed by atoms with Crippen LogP contribution >= 0.6 is 0 Å². The van der Waals surface area contributed by atoms with E-state index >= 15 is 0 Å². The second-order valence-electron chi connectivity index (χ2n) is 10.6. The molecular weight excluding hydrogens is 566 g/mol. The average Bonchev–Trinajstić information content (AvgIpc) is 3.55. The van der Waals surface area contributed by atoms with E-state index in [1.807, 2.05) is 37.3 Å². The van der Waals surface area contributed by atoms with Crippen LogP contribution in [0, 0.1) is 0 Å². The summed E-state index contributed by atoms with van der Waals surface area (Å²) in [5.74, 6) is 0.0656. The van der Waals surface area contributed by atoms with Crippen molar-refractivity contribution < 1.29 is 27.5 Å². The predicted molar refractivity (Wildman–Crippen MR) is 167 cm³/mol. The summed E-state index contributed by atoms with van der Waals surface area (Å²) in [5, 5.41) is 3.14. The normalized spacial score (nSPS) is 14.1. The number of carbonyl (C=O) groups is 2. The lowest BCUT2D eigenvalue weighted by Crippen LogP contribution is -2.54. The first-order valence-corrected chi connectivity index (χ1v) is 16.2. The van der Waals surface area contributed by atoms with Crippen LogP contribution in [0.5, 0.6) is 11.5 Å². The second-order valence-corrected chi connectivity index (χ2v) is 12.5. The standard InChI is InChI=1S/C33H41N3O6S/c1-4-29(33(38)34-26-15-11-12-16-26)35(22-21-25-13-7-5-8-14-25)32(37)24-36(43(39,40)28-17-9-6-10-18-28)27-19-20-30(41-2)31(23-27)42-3/h5-10,13-14,17-20,23,26,29H,4,11-12,15-16,21-22,24H2,1-3H3,(H,34,38)/t29-/m0/s1. The van der Waals surface area contributed by atoms with Gasteiger partial charge in [-0.2, -0.15) is 0 Å². The van der Waals surface area contributed by atoms with Crippen molar-refractivity contribution in [3.63, 3.8) is 0 Å². The van der Waals surface area contributed by atoms with Crippen LogP contribution in [-0.4, -0.2) is 64.5 Å². The van der Waals surface area contributed by atoms with E-state index in [0.29, 0.717) is 24.3 Å². The molecule has 0 unspecified atom stereocenters. The smallest absolute Gasteiger partial charge is 0.264 e. The zero-order chi connectivity index (χ0) is 30.8. The Morgan fingerprint density at radius 3 is 2.14 bits per heavy atom. The van der Waals surface area contributed by atoms with Gasteiger partial charge in [0.1, 0.15) is 12.6 Å². The number of rotatable bonds is 14. The highest BCUT2D eigenvalue weighted by atomic mass is 32.2. The summed E-state index contributed by atoms with van der Waals surface area (Å²) in [7, 11) is -1.22. The van der Waals surface area contributed by atoms with Gasteiger partial charge in [0.25, 0.3) is 10.0 Å². The molecule has 9 nitrogen and oxygen atoms in total. The molecule has 1 saturated carbocycles. The van der Waals surface area contributed by atoms with Gasteiger partial charge in [0.05, 0.1) is 24.8 Å². The van der Waals surface area contributed by atoms with Crippen molar-refractivity contribution in [3.8, 4) is 11.5 Å². The van der Waals surface area contributed by atoms with Crippen LogP contribution in [0.15, 0.2) is 83.8 Å². The molecule has 1 N–H and O–H groups in total. The molecule has 10 heteroatoms. The van der Waals surface area contributed by atoms with E-state index < -0.39 is 28.5 Å². The van der Waals surface area contributed by atoms with Crippen molar-refractivity contribution in [2.75, 3.05) is 31.6 Å². The number of sulfonamides is 1. The first-order valence-electron chi connectivity index (χ1n) is 14.7.